The minimum absolute atomic E-state index is 0.452. The summed E-state index contributed by atoms with van der Waals surface area (Å²) in [5, 5.41) is 13.6. The van der Waals surface area contributed by atoms with Crippen molar-refractivity contribution in [2.75, 3.05) is 6.54 Å². The molecule has 0 unspecified atom stereocenters. The number of nitrogens with one attached hydrogen (secondary N) is 1. The van der Waals surface area contributed by atoms with Crippen LogP contribution < -0.4 is 10.1 Å². The summed E-state index contributed by atoms with van der Waals surface area (Å²) < 4.78 is 5.86. The van der Waals surface area contributed by atoms with E-state index < -0.39 is 5.60 Å². The number of halogens is 1. The minimum Gasteiger partial charge on any atom is -0.489 e. The van der Waals surface area contributed by atoms with E-state index in [0.717, 1.165) is 16.9 Å². The highest BCUT2D eigenvalue weighted by atomic mass is 35.5. The lowest BCUT2D eigenvalue weighted by Crippen LogP contribution is -2.34. The van der Waals surface area contributed by atoms with E-state index in [9.17, 15) is 5.11 Å². The summed E-state index contributed by atoms with van der Waals surface area (Å²) in [7, 11) is 0. The van der Waals surface area contributed by atoms with Gasteiger partial charge in [-0.2, -0.15) is 0 Å². The first-order valence-corrected chi connectivity index (χ1v) is 7.55. The number of aliphatic hydroxyl groups is 1. The summed E-state index contributed by atoms with van der Waals surface area (Å²) in [5.41, 5.74) is 1.21. The third-order valence-corrected chi connectivity index (χ3v) is 3.25. The Labute approximate surface area is 136 Å². The summed E-state index contributed by atoms with van der Waals surface area (Å²) in [6.45, 7) is 5.04. The second kappa shape index (κ2) is 7.58. The fraction of sp³-hybridized carbons (Fsp3) is 0.353. The van der Waals surface area contributed by atoms with Gasteiger partial charge >= 0.3 is 0 Å². The number of aromatic nitrogens is 1. The molecule has 0 aliphatic heterocycles. The van der Waals surface area contributed by atoms with Crippen LogP contribution in [0, 0.1) is 0 Å². The van der Waals surface area contributed by atoms with Crippen LogP contribution in [-0.4, -0.2) is 22.2 Å². The smallest absolute Gasteiger partial charge is 0.124 e. The number of hydrogen-bond donors (Lipinski definition) is 2. The van der Waals surface area contributed by atoms with Crippen LogP contribution in [0.15, 0.2) is 42.7 Å². The van der Waals surface area contributed by atoms with Gasteiger partial charge in [-0.3, -0.25) is 4.98 Å². The molecular formula is C17H21ClN2O2. The van der Waals surface area contributed by atoms with Gasteiger partial charge in [-0.05, 0) is 38.1 Å². The molecule has 2 N–H and O–H groups in total. The van der Waals surface area contributed by atoms with Crippen molar-refractivity contribution in [2.24, 2.45) is 0 Å². The van der Waals surface area contributed by atoms with Gasteiger partial charge in [0.2, 0.25) is 0 Å². The van der Waals surface area contributed by atoms with Crippen LogP contribution >= 0.6 is 11.6 Å². The minimum atomic E-state index is -0.755. The molecule has 118 valence electrons. The van der Waals surface area contributed by atoms with Crippen molar-refractivity contribution in [3.8, 4) is 5.75 Å². The fourth-order valence-electron chi connectivity index (χ4n) is 1.97. The number of rotatable bonds is 7. The molecule has 1 aromatic heterocycles. The second-order valence-electron chi connectivity index (χ2n) is 5.82. The molecule has 0 saturated heterocycles. The Morgan fingerprint density at radius 1 is 1.32 bits per heavy atom. The number of benzene rings is 1. The molecule has 0 saturated carbocycles. The van der Waals surface area contributed by atoms with Crippen molar-refractivity contribution < 1.29 is 9.84 Å². The molecule has 0 atom stereocenters. The largest absolute Gasteiger partial charge is 0.489 e. The topological polar surface area (TPSA) is 54.4 Å². The normalized spacial score (nSPS) is 11.5. The average molecular weight is 321 g/mol. The summed E-state index contributed by atoms with van der Waals surface area (Å²) in [4.78, 5) is 4.07. The maximum absolute atomic E-state index is 9.74. The molecule has 5 heteroatoms. The first-order valence-electron chi connectivity index (χ1n) is 7.17. The Balaban J connectivity index is 2.00. The summed E-state index contributed by atoms with van der Waals surface area (Å²) in [6.07, 6.45) is 3.51. The highest BCUT2D eigenvalue weighted by Gasteiger charge is 2.12. The molecule has 1 heterocycles. The Bertz CT molecular complexity index is 597. The van der Waals surface area contributed by atoms with Crippen LogP contribution in [0.3, 0.4) is 0 Å². The maximum atomic E-state index is 9.74. The van der Waals surface area contributed by atoms with Gasteiger partial charge in [-0.15, -0.1) is 0 Å². The monoisotopic (exact) mass is 320 g/mol. The van der Waals surface area contributed by atoms with Gasteiger partial charge in [0.05, 0.1) is 5.60 Å². The van der Waals surface area contributed by atoms with Crippen molar-refractivity contribution in [3.63, 3.8) is 0 Å². The van der Waals surface area contributed by atoms with E-state index in [0.29, 0.717) is 24.7 Å². The van der Waals surface area contributed by atoms with Crippen LogP contribution in [0.4, 0.5) is 0 Å². The van der Waals surface area contributed by atoms with Crippen molar-refractivity contribution in [3.05, 3.63) is 58.9 Å². The summed E-state index contributed by atoms with van der Waals surface area (Å²) >= 11 is 6.06. The molecular weight excluding hydrogens is 300 g/mol. The zero-order chi connectivity index (χ0) is 16.0. The zero-order valence-corrected chi connectivity index (χ0v) is 13.6. The SMILES string of the molecule is CC(C)(O)CNCc1cc(Cl)ccc1OCc1cccnc1. The molecule has 0 radical (unpaired) electrons. The molecule has 4 nitrogen and oxygen atoms in total. The molecule has 1 aromatic carbocycles. The van der Waals surface area contributed by atoms with Crippen LogP contribution in [0.5, 0.6) is 5.75 Å². The van der Waals surface area contributed by atoms with Crippen molar-refractivity contribution in [2.45, 2.75) is 32.6 Å². The highest BCUT2D eigenvalue weighted by Crippen LogP contribution is 2.24. The van der Waals surface area contributed by atoms with E-state index in [1.807, 2.05) is 24.3 Å². The van der Waals surface area contributed by atoms with E-state index >= 15 is 0 Å². The van der Waals surface area contributed by atoms with E-state index in [2.05, 4.69) is 10.3 Å². The third-order valence-electron chi connectivity index (χ3n) is 3.01. The lowest BCUT2D eigenvalue weighted by molar-refractivity contribution is 0.0794. The second-order valence-corrected chi connectivity index (χ2v) is 6.25. The molecule has 0 amide bonds. The van der Waals surface area contributed by atoms with Gasteiger partial charge in [-0.1, -0.05) is 17.7 Å². The number of hydrogen-bond acceptors (Lipinski definition) is 4. The number of pyridine rings is 1. The predicted octanol–water partition coefficient (Wildman–Crippen LogP) is 3.17. The van der Waals surface area contributed by atoms with Crippen LogP contribution in [-0.2, 0) is 13.2 Å². The molecule has 0 spiro atoms. The quantitative estimate of drug-likeness (QED) is 0.822. The van der Waals surface area contributed by atoms with Crippen molar-refractivity contribution >= 4 is 11.6 Å². The molecule has 0 aliphatic carbocycles. The molecule has 0 aliphatic rings. The predicted molar refractivity (Wildman–Crippen MR) is 88.0 cm³/mol. The molecule has 2 rings (SSSR count). The van der Waals surface area contributed by atoms with Gasteiger partial charge in [0.1, 0.15) is 12.4 Å². The molecule has 0 fully saturated rings. The van der Waals surface area contributed by atoms with Gasteiger partial charge in [0.25, 0.3) is 0 Å². The number of ether oxygens (including phenoxy) is 1. The van der Waals surface area contributed by atoms with Crippen LogP contribution in [0.25, 0.3) is 0 Å². The lowest BCUT2D eigenvalue weighted by atomic mass is 10.1. The Morgan fingerprint density at radius 2 is 2.14 bits per heavy atom. The first-order chi connectivity index (χ1) is 10.4. The van der Waals surface area contributed by atoms with Crippen LogP contribution in [0.2, 0.25) is 5.02 Å². The van der Waals surface area contributed by atoms with E-state index in [1.54, 1.807) is 32.3 Å². The van der Waals surface area contributed by atoms with Gasteiger partial charge in [-0.25, -0.2) is 0 Å². The van der Waals surface area contributed by atoms with E-state index in [1.165, 1.54) is 0 Å². The highest BCUT2D eigenvalue weighted by molar-refractivity contribution is 6.30. The Kier molecular flexibility index (Phi) is 5.77. The van der Waals surface area contributed by atoms with Crippen molar-refractivity contribution in [1.29, 1.82) is 0 Å². The summed E-state index contributed by atoms with van der Waals surface area (Å²) in [6, 6.07) is 9.39. The molecule has 0 bridgehead atoms. The standard InChI is InChI=1S/C17H21ClN2O2/c1-17(2,21)12-20-10-14-8-15(18)5-6-16(14)22-11-13-4-3-7-19-9-13/h3-9,20-21H,10-12H2,1-2H3. The summed E-state index contributed by atoms with van der Waals surface area (Å²) in [5.74, 6) is 0.775. The maximum Gasteiger partial charge on any atom is 0.124 e. The fourth-order valence-corrected chi connectivity index (χ4v) is 2.17. The van der Waals surface area contributed by atoms with Gasteiger partial charge < -0.3 is 15.2 Å². The Morgan fingerprint density at radius 3 is 2.82 bits per heavy atom. The van der Waals surface area contributed by atoms with Gasteiger partial charge in [0, 0.05) is 41.6 Å². The Hall–Kier alpha value is -1.62. The van der Waals surface area contributed by atoms with E-state index in [4.69, 9.17) is 16.3 Å². The van der Waals surface area contributed by atoms with Gasteiger partial charge in [0.15, 0.2) is 0 Å². The van der Waals surface area contributed by atoms with Crippen molar-refractivity contribution in [1.82, 2.24) is 10.3 Å². The lowest BCUT2D eigenvalue weighted by Gasteiger charge is -2.19. The zero-order valence-electron chi connectivity index (χ0n) is 12.8. The van der Waals surface area contributed by atoms with E-state index in [-0.39, 0.29) is 0 Å². The first kappa shape index (κ1) is 16.7. The molecule has 22 heavy (non-hydrogen) atoms. The molecule has 2 aromatic rings. The number of nitrogens with zero attached hydrogens (tertiary/aromatic N) is 1. The van der Waals surface area contributed by atoms with Crippen LogP contribution in [0.1, 0.15) is 25.0 Å². The average Bonchev–Trinajstić information content (AvgIpc) is 2.46. The third kappa shape index (κ3) is 5.64.